The summed E-state index contributed by atoms with van der Waals surface area (Å²) in [4.78, 5) is 13.8. The standard InChI is InChI=1S/C20H23N3O3/c1-22(2)11-12-26-16-8-6-7-15(13-16)20-17-9-4-5-10-18(17)23(21-20)14-19(24)25-3/h4-10,13H,11-12,14H2,1-3H3. The Balaban J connectivity index is 1.94. The number of hydrogen-bond donors (Lipinski definition) is 0. The minimum absolute atomic E-state index is 0.0794. The number of carbonyl (C=O) groups is 1. The van der Waals surface area contributed by atoms with Crippen LogP contribution in [0.5, 0.6) is 5.75 Å². The van der Waals surface area contributed by atoms with Gasteiger partial charge in [0.1, 0.15) is 24.6 Å². The van der Waals surface area contributed by atoms with E-state index in [4.69, 9.17) is 9.47 Å². The van der Waals surface area contributed by atoms with E-state index < -0.39 is 0 Å². The van der Waals surface area contributed by atoms with E-state index in [9.17, 15) is 4.79 Å². The highest BCUT2D eigenvalue weighted by Crippen LogP contribution is 2.30. The summed E-state index contributed by atoms with van der Waals surface area (Å²) in [6.45, 7) is 1.55. The van der Waals surface area contributed by atoms with E-state index in [2.05, 4.69) is 10.00 Å². The fraction of sp³-hybridized carbons (Fsp3) is 0.300. The first-order valence-electron chi connectivity index (χ1n) is 8.49. The van der Waals surface area contributed by atoms with E-state index in [0.29, 0.717) is 6.61 Å². The predicted octanol–water partition coefficient (Wildman–Crippen LogP) is 2.82. The van der Waals surface area contributed by atoms with E-state index in [0.717, 1.165) is 34.5 Å². The quantitative estimate of drug-likeness (QED) is 0.612. The lowest BCUT2D eigenvalue weighted by Crippen LogP contribution is -2.19. The molecule has 0 atom stereocenters. The van der Waals surface area contributed by atoms with Crippen LogP contribution >= 0.6 is 0 Å². The first-order valence-corrected chi connectivity index (χ1v) is 8.49. The number of nitrogens with zero attached hydrogens (tertiary/aromatic N) is 3. The maximum absolute atomic E-state index is 11.7. The molecule has 0 radical (unpaired) electrons. The van der Waals surface area contributed by atoms with Gasteiger partial charge in [0.25, 0.3) is 0 Å². The molecule has 0 saturated carbocycles. The smallest absolute Gasteiger partial charge is 0.327 e. The van der Waals surface area contributed by atoms with Gasteiger partial charge in [-0.2, -0.15) is 5.10 Å². The lowest BCUT2D eigenvalue weighted by Gasteiger charge is -2.11. The first-order chi connectivity index (χ1) is 12.6. The van der Waals surface area contributed by atoms with Crippen LogP contribution in [-0.2, 0) is 16.1 Å². The van der Waals surface area contributed by atoms with Crippen molar-refractivity contribution in [2.24, 2.45) is 0 Å². The third kappa shape index (κ3) is 4.03. The van der Waals surface area contributed by atoms with Crippen LogP contribution in [0.2, 0.25) is 0 Å². The molecule has 0 aliphatic rings. The van der Waals surface area contributed by atoms with Gasteiger partial charge in [0.15, 0.2) is 0 Å². The number of aromatic nitrogens is 2. The molecule has 0 saturated heterocycles. The Morgan fingerprint density at radius 3 is 2.73 bits per heavy atom. The van der Waals surface area contributed by atoms with Gasteiger partial charge in [-0.15, -0.1) is 0 Å². The van der Waals surface area contributed by atoms with Crippen LogP contribution < -0.4 is 4.74 Å². The van der Waals surface area contributed by atoms with E-state index in [1.165, 1.54) is 7.11 Å². The molecule has 1 heterocycles. The number of hydrogen-bond acceptors (Lipinski definition) is 5. The van der Waals surface area contributed by atoms with Crippen molar-refractivity contribution in [3.63, 3.8) is 0 Å². The van der Waals surface area contributed by atoms with Gasteiger partial charge < -0.3 is 14.4 Å². The van der Waals surface area contributed by atoms with Crippen LogP contribution in [0.15, 0.2) is 48.5 Å². The SMILES string of the molecule is COC(=O)Cn1nc(-c2cccc(OCCN(C)C)c2)c2ccccc21. The Hall–Kier alpha value is -2.86. The molecule has 0 aliphatic carbocycles. The molecule has 0 bridgehead atoms. The van der Waals surface area contributed by atoms with Crippen LogP contribution in [0.1, 0.15) is 0 Å². The van der Waals surface area contributed by atoms with Gasteiger partial charge >= 0.3 is 5.97 Å². The van der Waals surface area contributed by atoms with Crippen molar-refractivity contribution < 1.29 is 14.3 Å². The van der Waals surface area contributed by atoms with Crippen molar-refractivity contribution in [2.75, 3.05) is 34.4 Å². The minimum Gasteiger partial charge on any atom is -0.492 e. The molecule has 0 unspecified atom stereocenters. The minimum atomic E-state index is -0.328. The molecule has 0 aliphatic heterocycles. The largest absolute Gasteiger partial charge is 0.492 e. The number of esters is 1. The summed E-state index contributed by atoms with van der Waals surface area (Å²) in [6.07, 6.45) is 0. The molecule has 3 aromatic rings. The summed E-state index contributed by atoms with van der Waals surface area (Å²) in [5, 5.41) is 5.64. The van der Waals surface area contributed by atoms with Crippen LogP contribution in [-0.4, -0.2) is 55.0 Å². The molecule has 0 amide bonds. The predicted molar refractivity (Wildman–Crippen MR) is 101 cm³/mol. The average molecular weight is 353 g/mol. The van der Waals surface area contributed by atoms with E-state index >= 15 is 0 Å². The van der Waals surface area contributed by atoms with Crippen molar-refractivity contribution >= 4 is 16.9 Å². The second kappa shape index (κ2) is 8.01. The number of ether oxygens (including phenoxy) is 2. The molecular weight excluding hydrogens is 330 g/mol. The van der Waals surface area contributed by atoms with Crippen LogP contribution in [0.4, 0.5) is 0 Å². The summed E-state index contributed by atoms with van der Waals surface area (Å²) in [5.74, 6) is 0.474. The molecule has 6 nitrogen and oxygen atoms in total. The van der Waals surface area contributed by atoms with Gasteiger partial charge in [0.2, 0.25) is 0 Å². The van der Waals surface area contributed by atoms with Crippen molar-refractivity contribution in [3.05, 3.63) is 48.5 Å². The van der Waals surface area contributed by atoms with Crippen molar-refractivity contribution in [1.82, 2.24) is 14.7 Å². The molecule has 26 heavy (non-hydrogen) atoms. The molecule has 0 N–H and O–H groups in total. The Labute approximate surface area is 152 Å². The van der Waals surface area contributed by atoms with Gasteiger partial charge in [-0.05, 0) is 32.3 Å². The number of benzene rings is 2. The fourth-order valence-corrected chi connectivity index (χ4v) is 2.73. The van der Waals surface area contributed by atoms with Gasteiger partial charge in [-0.25, -0.2) is 0 Å². The number of carbonyl (C=O) groups excluding carboxylic acids is 1. The monoisotopic (exact) mass is 353 g/mol. The summed E-state index contributed by atoms with van der Waals surface area (Å²) in [5.41, 5.74) is 2.67. The molecule has 6 heteroatoms. The zero-order valence-electron chi connectivity index (χ0n) is 15.3. The van der Waals surface area contributed by atoms with Crippen molar-refractivity contribution in [2.45, 2.75) is 6.54 Å². The normalized spacial score (nSPS) is 11.1. The summed E-state index contributed by atoms with van der Waals surface area (Å²) in [7, 11) is 5.41. The highest BCUT2D eigenvalue weighted by Gasteiger charge is 2.14. The number of methoxy groups -OCH3 is 1. The topological polar surface area (TPSA) is 56.6 Å². The number of rotatable bonds is 7. The maximum atomic E-state index is 11.7. The van der Waals surface area contributed by atoms with E-state index in [1.54, 1.807) is 4.68 Å². The van der Waals surface area contributed by atoms with E-state index in [-0.39, 0.29) is 12.5 Å². The molecule has 3 rings (SSSR count). The lowest BCUT2D eigenvalue weighted by atomic mass is 10.1. The van der Waals surface area contributed by atoms with Crippen molar-refractivity contribution in [1.29, 1.82) is 0 Å². The Bertz CT molecular complexity index is 902. The third-order valence-electron chi connectivity index (χ3n) is 4.08. The second-order valence-corrected chi connectivity index (χ2v) is 6.28. The van der Waals surface area contributed by atoms with Crippen LogP contribution in [0.25, 0.3) is 22.2 Å². The van der Waals surface area contributed by atoms with E-state index in [1.807, 2.05) is 62.6 Å². The summed E-state index contributed by atoms with van der Waals surface area (Å²) >= 11 is 0. The zero-order valence-corrected chi connectivity index (χ0v) is 15.3. The Morgan fingerprint density at radius 2 is 1.96 bits per heavy atom. The Kier molecular flexibility index (Phi) is 5.53. The molecular formula is C20H23N3O3. The van der Waals surface area contributed by atoms with Gasteiger partial charge in [0, 0.05) is 17.5 Å². The number of likely N-dealkylation sites (N-methyl/N-ethyl adjacent to an activating group) is 1. The number of fused-ring (bicyclic) bond motifs is 1. The van der Waals surface area contributed by atoms with Gasteiger partial charge in [0.05, 0.1) is 12.6 Å². The third-order valence-corrected chi connectivity index (χ3v) is 4.08. The van der Waals surface area contributed by atoms with Crippen LogP contribution in [0, 0.1) is 0 Å². The summed E-state index contributed by atoms with van der Waals surface area (Å²) < 4.78 is 12.3. The second-order valence-electron chi connectivity index (χ2n) is 6.28. The summed E-state index contributed by atoms with van der Waals surface area (Å²) in [6, 6.07) is 15.7. The maximum Gasteiger partial charge on any atom is 0.327 e. The molecule has 0 spiro atoms. The molecule has 136 valence electrons. The molecule has 2 aromatic carbocycles. The fourth-order valence-electron chi connectivity index (χ4n) is 2.73. The molecule has 0 fully saturated rings. The average Bonchev–Trinajstić information content (AvgIpc) is 3.00. The van der Waals surface area contributed by atoms with Gasteiger partial charge in [-0.3, -0.25) is 9.48 Å². The highest BCUT2D eigenvalue weighted by atomic mass is 16.5. The molecule has 1 aromatic heterocycles. The zero-order chi connectivity index (χ0) is 18.5. The first kappa shape index (κ1) is 17.9. The lowest BCUT2D eigenvalue weighted by molar-refractivity contribution is -0.141. The Morgan fingerprint density at radius 1 is 1.15 bits per heavy atom. The van der Waals surface area contributed by atoms with Gasteiger partial charge in [-0.1, -0.05) is 30.3 Å². The van der Waals surface area contributed by atoms with Crippen molar-refractivity contribution in [3.8, 4) is 17.0 Å². The van der Waals surface area contributed by atoms with Crippen LogP contribution in [0.3, 0.4) is 0 Å². The number of para-hydroxylation sites is 1. The highest BCUT2D eigenvalue weighted by molar-refractivity contribution is 5.94.